The first-order valence-electron chi connectivity index (χ1n) is 6.88. The second-order valence-electron chi connectivity index (χ2n) is 5.11. The van der Waals surface area contributed by atoms with Gasteiger partial charge in [0.1, 0.15) is 11.0 Å². The van der Waals surface area contributed by atoms with Crippen LogP contribution in [-0.2, 0) is 18.8 Å². The van der Waals surface area contributed by atoms with Crippen LogP contribution in [0.15, 0.2) is 30.9 Å². The van der Waals surface area contributed by atoms with E-state index in [1.54, 1.807) is 0 Å². The minimum atomic E-state index is -5.01. The Bertz CT molecular complexity index is 779. The van der Waals surface area contributed by atoms with Gasteiger partial charge in [0.25, 0.3) is 0 Å². The van der Waals surface area contributed by atoms with E-state index in [0.29, 0.717) is 18.2 Å². The average Bonchev–Trinajstić information content (AvgIpc) is 2.47. The zero-order valence-electron chi connectivity index (χ0n) is 12.8. The summed E-state index contributed by atoms with van der Waals surface area (Å²) in [5.41, 5.74) is -4.50. The maximum absolute atomic E-state index is 13.4. The smallest absolute Gasteiger partial charge is 0.233 e. The molecule has 9 heteroatoms. The summed E-state index contributed by atoms with van der Waals surface area (Å²) in [7, 11) is 0. The van der Waals surface area contributed by atoms with E-state index < -0.39 is 34.7 Å². The Hall–Kier alpha value is -2.09. The molecule has 134 valence electrons. The van der Waals surface area contributed by atoms with Crippen LogP contribution in [0.1, 0.15) is 22.5 Å². The molecule has 0 unspecified atom stereocenters. The van der Waals surface area contributed by atoms with Crippen LogP contribution in [0.25, 0.3) is 11.3 Å². The Labute approximate surface area is 144 Å². The van der Waals surface area contributed by atoms with Gasteiger partial charge in [-0.05, 0) is 25.5 Å². The molecule has 1 aromatic heterocycles. The first-order valence-corrected chi connectivity index (χ1v) is 7.26. The van der Waals surface area contributed by atoms with E-state index in [0.717, 1.165) is 0 Å². The molecule has 0 amide bonds. The third-order valence-electron chi connectivity index (χ3n) is 3.33. The number of rotatable bonds is 3. The number of allylic oxidation sites excluding steroid dienone is 1. The molecule has 0 saturated heterocycles. The number of hydrogen-bond donors (Lipinski definition) is 0. The van der Waals surface area contributed by atoms with Crippen molar-refractivity contribution in [1.82, 2.24) is 9.97 Å². The standard InChI is InChI=1S/C16H11ClF6N2/c1-3-5-9-13(24-8(2)25-14(9)17)12-10(15(18,19)20)6-4-7-11(12)16(21,22)23/h3-4,6-7H,1,5H2,2H3. The zero-order valence-corrected chi connectivity index (χ0v) is 13.5. The predicted molar refractivity (Wildman–Crippen MR) is 81.1 cm³/mol. The molecule has 1 heterocycles. The first kappa shape index (κ1) is 19.2. The molecule has 0 saturated carbocycles. The van der Waals surface area contributed by atoms with Crippen molar-refractivity contribution in [2.45, 2.75) is 25.7 Å². The van der Waals surface area contributed by atoms with Crippen LogP contribution in [-0.4, -0.2) is 9.97 Å². The maximum atomic E-state index is 13.4. The fraction of sp³-hybridized carbons (Fsp3) is 0.250. The molecule has 0 N–H and O–H groups in total. The Morgan fingerprint density at radius 3 is 2.00 bits per heavy atom. The van der Waals surface area contributed by atoms with Crippen LogP contribution >= 0.6 is 11.6 Å². The van der Waals surface area contributed by atoms with Gasteiger partial charge in [-0.1, -0.05) is 23.7 Å². The zero-order chi connectivity index (χ0) is 19.0. The Balaban J connectivity index is 2.98. The Morgan fingerprint density at radius 1 is 1.04 bits per heavy atom. The molecule has 0 spiro atoms. The molecule has 1 aromatic carbocycles. The lowest BCUT2D eigenvalue weighted by atomic mass is 9.93. The molecule has 0 radical (unpaired) electrons. The summed E-state index contributed by atoms with van der Waals surface area (Å²) in [6.07, 6.45) is -8.80. The third-order valence-corrected chi connectivity index (χ3v) is 3.64. The second-order valence-corrected chi connectivity index (χ2v) is 5.46. The number of nitrogens with zero attached hydrogens (tertiary/aromatic N) is 2. The number of halogens is 7. The molecule has 0 atom stereocenters. The van der Waals surface area contributed by atoms with Gasteiger partial charge >= 0.3 is 12.4 Å². The van der Waals surface area contributed by atoms with Gasteiger partial charge in [0.05, 0.1) is 16.8 Å². The molecule has 2 rings (SSSR count). The van der Waals surface area contributed by atoms with Gasteiger partial charge in [-0.3, -0.25) is 0 Å². The number of hydrogen-bond acceptors (Lipinski definition) is 2. The highest BCUT2D eigenvalue weighted by molar-refractivity contribution is 6.30. The highest BCUT2D eigenvalue weighted by Crippen LogP contribution is 2.45. The number of aryl methyl sites for hydroxylation is 1. The molecular formula is C16H11ClF6N2. The van der Waals surface area contributed by atoms with Gasteiger partial charge in [-0.25, -0.2) is 9.97 Å². The molecule has 0 aliphatic heterocycles. The highest BCUT2D eigenvalue weighted by atomic mass is 35.5. The molecule has 0 aliphatic carbocycles. The Kier molecular flexibility index (Phi) is 5.13. The van der Waals surface area contributed by atoms with Gasteiger partial charge < -0.3 is 0 Å². The van der Waals surface area contributed by atoms with Crippen molar-refractivity contribution in [3.05, 3.63) is 58.5 Å². The van der Waals surface area contributed by atoms with Crippen molar-refractivity contribution >= 4 is 11.6 Å². The van der Waals surface area contributed by atoms with Gasteiger partial charge in [0.2, 0.25) is 0 Å². The predicted octanol–water partition coefficient (Wildman–Crippen LogP) is 5.87. The lowest BCUT2D eigenvalue weighted by molar-refractivity contribution is -0.142. The molecule has 0 aliphatic rings. The van der Waals surface area contributed by atoms with Gasteiger partial charge in [-0.15, -0.1) is 6.58 Å². The van der Waals surface area contributed by atoms with Crippen LogP contribution in [0.2, 0.25) is 5.15 Å². The minimum absolute atomic E-state index is 0.0436. The molecule has 0 fully saturated rings. The van der Waals surface area contributed by atoms with Crippen LogP contribution in [0.5, 0.6) is 0 Å². The minimum Gasteiger partial charge on any atom is -0.233 e. The summed E-state index contributed by atoms with van der Waals surface area (Å²) >= 11 is 5.94. The van der Waals surface area contributed by atoms with Crippen LogP contribution in [0, 0.1) is 6.92 Å². The molecule has 2 aromatic rings. The first-order chi connectivity index (χ1) is 11.5. The summed E-state index contributed by atoms with van der Waals surface area (Å²) in [6, 6.07) is 1.86. The maximum Gasteiger partial charge on any atom is 0.417 e. The van der Waals surface area contributed by atoms with Crippen LogP contribution in [0.4, 0.5) is 26.3 Å². The largest absolute Gasteiger partial charge is 0.417 e. The van der Waals surface area contributed by atoms with Crippen molar-refractivity contribution in [2.75, 3.05) is 0 Å². The summed E-state index contributed by atoms with van der Waals surface area (Å²) in [6.45, 7) is 4.77. The average molecular weight is 381 g/mol. The summed E-state index contributed by atoms with van der Waals surface area (Å²) in [4.78, 5) is 7.63. The lowest BCUT2D eigenvalue weighted by Crippen LogP contribution is -2.16. The Morgan fingerprint density at radius 2 is 1.56 bits per heavy atom. The van der Waals surface area contributed by atoms with E-state index in [1.165, 1.54) is 13.0 Å². The summed E-state index contributed by atoms with van der Waals surface area (Å²) in [5, 5.41) is -0.215. The fourth-order valence-corrected chi connectivity index (χ4v) is 2.66. The quantitative estimate of drug-likeness (QED) is 0.378. The van der Waals surface area contributed by atoms with Crippen molar-refractivity contribution in [3.8, 4) is 11.3 Å². The molecular weight excluding hydrogens is 370 g/mol. The topological polar surface area (TPSA) is 25.8 Å². The van der Waals surface area contributed by atoms with Gasteiger partial charge in [0, 0.05) is 11.1 Å². The van der Waals surface area contributed by atoms with E-state index in [2.05, 4.69) is 16.5 Å². The number of alkyl halides is 6. The lowest BCUT2D eigenvalue weighted by Gasteiger charge is -2.20. The highest BCUT2D eigenvalue weighted by Gasteiger charge is 2.42. The van der Waals surface area contributed by atoms with Crippen molar-refractivity contribution in [3.63, 3.8) is 0 Å². The van der Waals surface area contributed by atoms with Crippen LogP contribution < -0.4 is 0 Å². The van der Waals surface area contributed by atoms with Crippen molar-refractivity contribution in [1.29, 1.82) is 0 Å². The molecule has 25 heavy (non-hydrogen) atoms. The normalized spacial score (nSPS) is 12.3. The third kappa shape index (κ3) is 3.95. The molecule has 2 nitrogen and oxygen atoms in total. The summed E-state index contributed by atoms with van der Waals surface area (Å²) < 4.78 is 80.1. The van der Waals surface area contributed by atoms with Crippen LogP contribution in [0.3, 0.4) is 0 Å². The van der Waals surface area contributed by atoms with Crippen molar-refractivity contribution < 1.29 is 26.3 Å². The van der Waals surface area contributed by atoms with Gasteiger partial charge in [-0.2, -0.15) is 26.3 Å². The SMILES string of the molecule is C=CCc1c(Cl)nc(C)nc1-c1c(C(F)(F)F)cccc1C(F)(F)F. The van der Waals surface area contributed by atoms with E-state index in [-0.39, 0.29) is 23.0 Å². The van der Waals surface area contributed by atoms with E-state index >= 15 is 0 Å². The van der Waals surface area contributed by atoms with E-state index in [1.807, 2.05) is 0 Å². The van der Waals surface area contributed by atoms with Crippen molar-refractivity contribution in [2.24, 2.45) is 0 Å². The molecule has 0 bridgehead atoms. The second kappa shape index (κ2) is 6.67. The van der Waals surface area contributed by atoms with Gasteiger partial charge in [0.15, 0.2) is 0 Å². The fourth-order valence-electron chi connectivity index (χ4n) is 2.37. The van der Waals surface area contributed by atoms with E-state index in [9.17, 15) is 26.3 Å². The summed E-state index contributed by atoms with van der Waals surface area (Å²) in [5.74, 6) is -0.0436. The number of benzene rings is 1. The number of aromatic nitrogens is 2. The van der Waals surface area contributed by atoms with E-state index in [4.69, 9.17) is 11.6 Å². The monoisotopic (exact) mass is 380 g/mol.